The Morgan fingerprint density at radius 1 is 1.32 bits per heavy atom. The number of nitrogens with one attached hydrogen (secondary N) is 1. The van der Waals surface area contributed by atoms with Crippen LogP contribution in [-0.2, 0) is 13.0 Å². The summed E-state index contributed by atoms with van der Waals surface area (Å²) in [5, 5.41) is 5.60. The van der Waals surface area contributed by atoms with Crippen LogP contribution in [0.25, 0.3) is 0 Å². The quantitative estimate of drug-likeness (QED) is 0.832. The first-order valence-corrected chi connectivity index (χ1v) is 9.79. The molecule has 1 aliphatic heterocycles. The van der Waals surface area contributed by atoms with Gasteiger partial charge in [0.05, 0.1) is 5.01 Å². The molecule has 25 heavy (non-hydrogen) atoms. The number of hydrogen-bond donors (Lipinski definition) is 2. The number of aromatic nitrogens is 1. The molecule has 0 radical (unpaired) electrons. The highest BCUT2D eigenvalue weighted by molar-refractivity contribution is 7.09. The van der Waals surface area contributed by atoms with E-state index in [1.165, 1.54) is 42.8 Å². The summed E-state index contributed by atoms with van der Waals surface area (Å²) in [6.07, 6.45) is 3.28. The molecule has 134 valence electrons. The largest absolute Gasteiger partial charge is 0.330 e. The van der Waals surface area contributed by atoms with Gasteiger partial charge in [-0.3, -0.25) is 9.69 Å². The zero-order chi connectivity index (χ0) is 17.6. The fourth-order valence-electron chi connectivity index (χ4n) is 3.02. The van der Waals surface area contributed by atoms with E-state index in [4.69, 9.17) is 5.73 Å². The minimum Gasteiger partial charge on any atom is -0.330 e. The van der Waals surface area contributed by atoms with Gasteiger partial charge in [0.25, 0.3) is 5.91 Å². The number of nitrogens with two attached hydrogens (primary N) is 1. The van der Waals surface area contributed by atoms with E-state index in [1.807, 2.05) is 12.1 Å². The molecule has 0 saturated carbocycles. The fraction of sp³-hybridized carbons (Fsp3) is 0.474. The third-order valence-corrected chi connectivity index (χ3v) is 5.55. The maximum atomic E-state index is 12.3. The molecular formula is C19H26N4OS. The average molecular weight is 359 g/mol. The topological polar surface area (TPSA) is 71.2 Å². The summed E-state index contributed by atoms with van der Waals surface area (Å²) in [5.74, 6) is 0.683. The molecule has 0 unspecified atom stereocenters. The molecule has 3 N–H and O–H groups in total. The molecule has 1 aromatic carbocycles. The van der Waals surface area contributed by atoms with Gasteiger partial charge in [0, 0.05) is 24.0 Å². The summed E-state index contributed by atoms with van der Waals surface area (Å²) in [6, 6.07) is 8.11. The Hall–Kier alpha value is -1.76. The summed E-state index contributed by atoms with van der Waals surface area (Å²) in [4.78, 5) is 19.1. The first-order valence-electron chi connectivity index (χ1n) is 8.91. The Bertz CT molecular complexity index is 690. The van der Waals surface area contributed by atoms with Crippen LogP contribution >= 0.6 is 11.3 Å². The lowest BCUT2D eigenvalue weighted by molar-refractivity contribution is 0.102. The number of anilines is 1. The van der Waals surface area contributed by atoms with Crippen molar-refractivity contribution < 1.29 is 4.79 Å². The Balaban J connectivity index is 1.53. The number of thiazole rings is 1. The highest BCUT2D eigenvalue weighted by Gasteiger charge is 2.16. The van der Waals surface area contributed by atoms with Gasteiger partial charge < -0.3 is 11.1 Å². The van der Waals surface area contributed by atoms with Gasteiger partial charge in [0.15, 0.2) is 0 Å². The zero-order valence-corrected chi connectivity index (χ0v) is 15.5. The molecular weight excluding hydrogens is 332 g/mol. The lowest BCUT2D eigenvalue weighted by Crippen LogP contribution is -2.32. The minimum absolute atomic E-state index is 0.169. The number of carbonyl (C=O) groups excluding carboxylic acids is 1. The third kappa shape index (κ3) is 5.11. The van der Waals surface area contributed by atoms with Gasteiger partial charge in [-0.1, -0.05) is 19.1 Å². The highest BCUT2D eigenvalue weighted by atomic mass is 32.1. The number of benzene rings is 1. The van der Waals surface area contributed by atoms with Gasteiger partial charge in [0.1, 0.15) is 5.69 Å². The Labute approximate surface area is 153 Å². The molecule has 1 aromatic heterocycles. The number of carbonyl (C=O) groups is 1. The summed E-state index contributed by atoms with van der Waals surface area (Å²) in [7, 11) is 0. The van der Waals surface area contributed by atoms with E-state index in [1.54, 1.807) is 5.38 Å². The smallest absolute Gasteiger partial charge is 0.275 e. The van der Waals surface area contributed by atoms with Crippen LogP contribution in [0.5, 0.6) is 0 Å². The van der Waals surface area contributed by atoms with Crippen molar-refractivity contribution in [2.24, 2.45) is 11.7 Å². The van der Waals surface area contributed by atoms with Crippen molar-refractivity contribution in [1.29, 1.82) is 0 Å². The second-order valence-corrected chi connectivity index (χ2v) is 7.72. The number of piperidine rings is 1. The van der Waals surface area contributed by atoms with Crippen molar-refractivity contribution in [2.75, 3.05) is 25.0 Å². The van der Waals surface area contributed by atoms with Crippen molar-refractivity contribution in [3.05, 3.63) is 45.9 Å². The van der Waals surface area contributed by atoms with Crippen LogP contribution in [-0.4, -0.2) is 35.4 Å². The molecule has 2 heterocycles. The zero-order valence-electron chi connectivity index (χ0n) is 14.7. The van der Waals surface area contributed by atoms with E-state index < -0.39 is 0 Å². The van der Waals surface area contributed by atoms with Crippen LogP contribution in [0.3, 0.4) is 0 Å². The molecule has 0 spiro atoms. The van der Waals surface area contributed by atoms with Crippen LogP contribution in [0.4, 0.5) is 5.69 Å². The average Bonchev–Trinajstić information content (AvgIpc) is 3.08. The van der Waals surface area contributed by atoms with Crippen molar-refractivity contribution in [1.82, 2.24) is 9.88 Å². The van der Waals surface area contributed by atoms with Gasteiger partial charge in [-0.15, -0.1) is 11.3 Å². The van der Waals surface area contributed by atoms with Gasteiger partial charge in [-0.2, -0.15) is 0 Å². The second-order valence-electron chi connectivity index (χ2n) is 6.77. The summed E-state index contributed by atoms with van der Waals surface area (Å²) < 4.78 is 0. The van der Waals surface area contributed by atoms with Crippen LogP contribution in [0.2, 0.25) is 0 Å². The van der Waals surface area contributed by atoms with E-state index in [2.05, 4.69) is 34.3 Å². The standard InChI is InChI=1S/C19H26N4OS/c1-14-7-10-23(11-8-14)12-15-2-4-16(5-3-15)21-19(24)17-13-25-18(22-17)6-9-20/h2-5,13-14H,6-12,20H2,1H3,(H,21,24). The Kier molecular flexibility index (Phi) is 6.18. The first-order chi connectivity index (χ1) is 12.1. The summed E-state index contributed by atoms with van der Waals surface area (Å²) in [5.41, 5.74) is 8.06. The van der Waals surface area contributed by atoms with E-state index in [9.17, 15) is 4.79 Å². The predicted octanol–water partition coefficient (Wildman–Crippen LogP) is 3.13. The van der Waals surface area contributed by atoms with Gasteiger partial charge in [-0.05, 0) is 56.1 Å². The SMILES string of the molecule is CC1CCN(Cc2ccc(NC(=O)c3csc(CCN)n3)cc2)CC1. The molecule has 0 atom stereocenters. The Morgan fingerprint density at radius 2 is 2.04 bits per heavy atom. The molecule has 1 aliphatic rings. The van der Waals surface area contributed by atoms with Crippen molar-refractivity contribution in [3.8, 4) is 0 Å². The summed E-state index contributed by atoms with van der Waals surface area (Å²) in [6.45, 7) is 6.21. The van der Waals surface area contributed by atoms with Crippen molar-refractivity contribution >= 4 is 22.9 Å². The molecule has 3 rings (SSSR count). The number of likely N-dealkylation sites (tertiary alicyclic amines) is 1. The van der Waals surface area contributed by atoms with Crippen molar-refractivity contribution in [3.63, 3.8) is 0 Å². The van der Waals surface area contributed by atoms with Crippen LogP contribution in [0.15, 0.2) is 29.6 Å². The first kappa shape index (κ1) is 18.0. The van der Waals surface area contributed by atoms with Gasteiger partial charge >= 0.3 is 0 Å². The van der Waals surface area contributed by atoms with Crippen molar-refractivity contribution in [2.45, 2.75) is 32.7 Å². The molecule has 1 fully saturated rings. The van der Waals surface area contributed by atoms with Crippen LogP contribution in [0, 0.1) is 5.92 Å². The molecule has 0 bridgehead atoms. The lowest BCUT2D eigenvalue weighted by atomic mass is 9.99. The van der Waals surface area contributed by atoms with E-state index >= 15 is 0 Å². The predicted molar refractivity (Wildman–Crippen MR) is 103 cm³/mol. The molecule has 1 saturated heterocycles. The van der Waals surface area contributed by atoms with E-state index in [0.29, 0.717) is 18.7 Å². The second kappa shape index (κ2) is 8.56. The number of nitrogens with zero attached hydrogens (tertiary/aromatic N) is 2. The monoisotopic (exact) mass is 358 g/mol. The molecule has 1 amide bonds. The van der Waals surface area contributed by atoms with Gasteiger partial charge in [0.2, 0.25) is 0 Å². The maximum absolute atomic E-state index is 12.3. The lowest BCUT2D eigenvalue weighted by Gasteiger charge is -2.30. The number of hydrogen-bond acceptors (Lipinski definition) is 5. The molecule has 2 aromatic rings. The van der Waals surface area contributed by atoms with E-state index in [-0.39, 0.29) is 5.91 Å². The Morgan fingerprint density at radius 3 is 2.72 bits per heavy atom. The molecule has 6 heteroatoms. The fourth-order valence-corrected chi connectivity index (χ4v) is 3.81. The maximum Gasteiger partial charge on any atom is 0.275 e. The number of amides is 1. The van der Waals surface area contributed by atoms with Crippen LogP contribution in [0.1, 0.15) is 40.8 Å². The highest BCUT2D eigenvalue weighted by Crippen LogP contribution is 2.19. The number of rotatable bonds is 6. The normalized spacial score (nSPS) is 16.1. The molecule has 0 aliphatic carbocycles. The van der Waals surface area contributed by atoms with Crippen LogP contribution < -0.4 is 11.1 Å². The van der Waals surface area contributed by atoms with Gasteiger partial charge in [-0.25, -0.2) is 4.98 Å². The van der Waals surface area contributed by atoms with E-state index in [0.717, 1.165) is 23.2 Å². The summed E-state index contributed by atoms with van der Waals surface area (Å²) >= 11 is 1.48. The molecule has 5 nitrogen and oxygen atoms in total. The minimum atomic E-state index is -0.169. The third-order valence-electron chi connectivity index (χ3n) is 4.64.